The van der Waals surface area contributed by atoms with Crippen LogP contribution in [0.1, 0.15) is 38.1 Å². The smallest absolute Gasteiger partial charge is 0.410 e. The van der Waals surface area contributed by atoms with Gasteiger partial charge >= 0.3 is 6.09 Å². The maximum atomic E-state index is 12.7. The summed E-state index contributed by atoms with van der Waals surface area (Å²) in [6, 6.07) is 12.1. The second kappa shape index (κ2) is 9.73. The van der Waals surface area contributed by atoms with Gasteiger partial charge in [-0.05, 0) is 44.5 Å². The van der Waals surface area contributed by atoms with Gasteiger partial charge in [0.25, 0.3) is 0 Å². The molecule has 31 heavy (non-hydrogen) atoms. The quantitative estimate of drug-likeness (QED) is 0.635. The van der Waals surface area contributed by atoms with E-state index in [0.717, 1.165) is 5.56 Å². The van der Waals surface area contributed by atoms with Crippen LogP contribution in [0.5, 0.6) is 5.88 Å². The number of hydrogen-bond acceptors (Lipinski definition) is 6. The van der Waals surface area contributed by atoms with Crippen molar-refractivity contribution in [3.8, 4) is 11.9 Å². The van der Waals surface area contributed by atoms with Crippen molar-refractivity contribution in [1.82, 2.24) is 9.88 Å². The molecule has 9 heteroatoms. The molecule has 1 aromatic carbocycles. The Morgan fingerprint density at radius 2 is 2.03 bits per heavy atom. The fourth-order valence-corrected chi connectivity index (χ4v) is 3.40. The van der Waals surface area contributed by atoms with Gasteiger partial charge in [0.1, 0.15) is 29.6 Å². The van der Waals surface area contributed by atoms with Gasteiger partial charge in [-0.3, -0.25) is 0 Å². The number of carbonyl (C=O) groups is 1. The van der Waals surface area contributed by atoms with E-state index in [0.29, 0.717) is 16.6 Å². The molecule has 0 N–H and O–H groups in total. The van der Waals surface area contributed by atoms with Gasteiger partial charge in [0.15, 0.2) is 0 Å². The topological polar surface area (TPSA) is 84.7 Å². The number of benzene rings is 1. The third-order valence-electron chi connectivity index (χ3n) is 4.43. The molecule has 1 saturated heterocycles. The van der Waals surface area contributed by atoms with Crippen molar-refractivity contribution in [3.63, 3.8) is 0 Å². The van der Waals surface area contributed by atoms with E-state index in [2.05, 4.69) is 4.98 Å². The van der Waals surface area contributed by atoms with Crippen molar-refractivity contribution >= 4 is 29.3 Å². The van der Waals surface area contributed by atoms with Crippen LogP contribution in [-0.2, 0) is 9.47 Å². The van der Waals surface area contributed by atoms with E-state index in [9.17, 15) is 4.79 Å². The molecular weight excluding hydrogens is 441 g/mol. The summed E-state index contributed by atoms with van der Waals surface area (Å²) >= 11 is 12.3. The SMILES string of the molecule is CC(C)(C)OC(=O)N1CCOC(c2ccc(Cl)c(Cl)c2)C(Oc2cccc(C#N)n2)C1. The van der Waals surface area contributed by atoms with Gasteiger partial charge in [-0.25, -0.2) is 9.78 Å². The van der Waals surface area contributed by atoms with Crippen molar-refractivity contribution in [2.24, 2.45) is 0 Å². The molecule has 1 aromatic heterocycles. The fourth-order valence-electron chi connectivity index (χ4n) is 3.09. The summed E-state index contributed by atoms with van der Waals surface area (Å²) in [6.07, 6.45) is -1.64. The normalized spacial score (nSPS) is 19.3. The Morgan fingerprint density at radius 1 is 1.26 bits per heavy atom. The first-order valence-corrected chi connectivity index (χ1v) is 10.5. The number of nitrogens with zero attached hydrogens (tertiary/aromatic N) is 3. The van der Waals surface area contributed by atoms with Gasteiger partial charge in [-0.1, -0.05) is 35.3 Å². The zero-order valence-corrected chi connectivity index (χ0v) is 19.0. The number of hydrogen-bond donors (Lipinski definition) is 0. The van der Waals surface area contributed by atoms with Crippen LogP contribution in [-0.4, -0.2) is 47.4 Å². The van der Waals surface area contributed by atoms with Crippen LogP contribution in [0, 0.1) is 11.3 Å². The van der Waals surface area contributed by atoms with E-state index in [4.69, 9.17) is 42.7 Å². The van der Waals surface area contributed by atoms with Crippen molar-refractivity contribution < 1.29 is 19.0 Å². The summed E-state index contributed by atoms with van der Waals surface area (Å²) in [5.74, 6) is 0.253. The lowest BCUT2D eigenvalue weighted by atomic mass is 10.0. The number of pyridine rings is 1. The Balaban J connectivity index is 1.91. The molecule has 3 rings (SSSR count). The minimum atomic E-state index is -0.633. The highest BCUT2D eigenvalue weighted by atomic mass is 35.5. The van der Waals surface area contributed by atoms with E-state index in [1.807, 2.05) is 26.8 Å². The Hall–Kier alpha value is -2.53. The van der Waals surface area contributed by atoms with E-state index in [1.165, 1.54) is 0 Å². The van der Waals surface area contributed by atoms with Crippen LogP contribution in [0.25, 0.3) is 0 Å². The average molecular weight is 464 g/mol. The van der Waals surface area contributed by atoms with Crippen molar-refractivity contribution in [2.45, 2.75) is 38.6 Å². The number of aromatic nitrogens is 1. The summed E-state index contributed by atoms with van der Waals surface area (Å²) in [7, 11) is 0. The second-order valence-corrected chi connectivity index (χ2v) is 8.83. The van der Waals surface area contributed by atoms with Gasteiger partial charge in [0.05, 0.1) is 23.2 Å². The molecule has 0 spiro atoms. The molecule has 2 aromatic rings. The van der Waals surface area contributed by atoms with Crippen molar-refractivity contribution in [2.75, 3.05) is 19.7 Å². The average Bonchev–Trinajstić information content (AvgIpc) is 2.92. The van der Waals surface area contributed by atoms with E-state index >= 15 is 0 Å². The number of ether oxygens (including phenoxy) is 3. The predicted molar refractivity (Wildman–Crippen MR) is 116 cm³/mol. The number of amides is 1. The number of halogens is 2. The predicted octanol–water partition coefficient (Wildman–Crippen LogP) is 5.02. The highest BCUT2D eigenvalue weighted by Gasteiger charge is 2.35. The second-order valence-electron chi connectivity index (χ2n) is 8.02. The van der Waals surface area contributed by atoms with Crippen LogP contribution in [0.2, 0.25) is 10.0 Å². The summed E-state index contributed by atoms with van der Waals surface area (Å²) in [5.41, 5.74) is 0.343. The van der Waals surface area contributed by atoms with Gasteiger partial charge in [-0.15, -0.1) is 0 Å². The summed E-state index contributed by atoms with van der Waals surface area (Å²) < 4.78 is 17.7. The molecule has 1 fully saturated rings. The zero-order chi connectivity index (χ0) is 22.6. The molecular formula is C22H23Cl2N3O4. The van der Waals surface area contributed by atoms with Crippen LogP contribution in [0.4, 0.5) is 4.79 Å². The number of nitriles is 1. The Labute approximate surface area is 191 Å². The zero-order valence-electron chi connectivity index (χ0n) is 17.5. The van der Waals surface area contributed by atoms with Gasteiger partial charge < -0.3 is 19.1 Å². The number of carbonyl (C=O) groups excluding carboxylic acids is 1. The largest absolute Gasteiger partial charge is 0.469 e. The molecule has 7 nitrogen and oxygen atoms in total. The van der Waals surface area contributed by atoms with E-state index < -0.39 is 23.9 Å². The Kier molecular flexibility index (Phi) is 7.26. The summed E-state index contributed by atoms with van der Waals surface area (Å²) in [5, 5.41) is 9.95. The Morgan fingerprint density at radius 3 is 2.71 bits per heavy atom. The van der Waals surface area contributed by atoms with Crippen LogP contribution in [0.3, 0.4) is 0 Å². The molecule has 0 bridgehead atoms. The molecule has 0 aliphatic carbocycles. The summed E-state index contributed by atoms with van der Waals surface area (Å²) in [6.45, 7) is 6.22. The third kappa shape index (κ3) is 6.23. The highest BCUT2D eigenvalue weighted by molar-refractivity contribution is 6.42. The molecule has 2 heterocycles. The van der Waals surface area contributed by atoms with Gasteiger partial charge in [0.2, 0.25) is 5.88 Å². The Bertz CT molecular complexity index is 987. The lowest BCUT2D eigenvalue weighted by Crippen LogP contribution is -2.43. The van der Waals surface area contributed by atoms with E-state index in [1.54, 1.807) is 41.3 Å². The first-order valence-electron chi connectivity index (χ1n) is 9.74. The standard InChI is InChI=1S/C22H23Cl2N3O4/c1-22(2,3)31-21(28)27-9-10-29-20(14-7-8-16(23)17(24)11-14)18(13-27)30-19-6-4-5-15(12-25)26-19/h4-8,11,18,20H,9-10,13H2,1-3H3. The van der Waals surface area contributed by atoms with Crippen molar-refractivity contribution in [1.29, 1.82) is 5.26 Å². The minimum absolute atomic E-state index is 0.193. The number of rotatable bonds is 3. The lowest BCUT2D eigenvalue weighted by Gasteiger charge is -2.30. The molecule has 1 aliphatic rings. The lowest BCUT2D eigenvalue weighted by molar-refractivity contribution is -0.0120. The molecule has 2 unspecified atom stereocenters. The van der Waals surface area contributed by atoms with Crippen molar-refractivity contribution in [3.05, 3.63) is 57.7 Å². The molecule has 0 saturated carbocycles. The highest BCUT2D eigenvalue weighted by Crippen LogP contribution is 2.32. The molecule has 0 radical (unpaired) electrons. The fraction of sp³-hybridized carbons (Fsp3) is 0.409. The molecule has 1 amide bonds. The minimum Gasteiger partial charge on any atom is -0.469 e. The van der Waals surface area contributed by atoms with Crippen LogP contribution in [0.15, 0.2) is 36.4 Å². The molecule has 2 atom stereocenters. The van der Waals surface area contributed by atoms with Gasteiger partial charge in [0, 0.05) is 12.6 Å². The molecule has 164 valence electrons. The third-order valence-corrected chi connectivity index (χ3v) is 5.17. The maximum Gasteiger partial charge on any atom is 0.410 e. The monoisotopic (exact) mass is 463 g/mol. The van der Waals surface area contributed by atoms with Crippen LogP contribution < -0.4 is 4.74 Å². The maximum absolute atomic E-state index is 12.7. The first kappa shape index (κ1) is 23.1. The van der Waals surface area contributed by atoms with E-state index in [-0.39, 0.29) is 24.7 Å². The first-order chi connectivity index (χ1) is 14.7. The summed E-state index contributed by atoms with van der Waals surface area (Å²) in [4.78, 5) is 18.4. The van der Waals surface area contributed by atoms with Crippen LogP contribution >= 0.6 is 23.2 Å². The van der Waals surface area contributed by atoms with Gasteiger partial charge in [-0.2, -0.15) is 5.26 Å². The molecule has 1 aliphatic heterocycles.